The maximum atomic E-state index is 14.8. The van der Waals surface area contributed by atoms with Crippen molar-refractivity contribution in [2.75, 3.05) is 47.6 Å². The standard InChI is InChI=1S/C44H69N5O5S2/c1-12-31(6)41(48(9)42(52)40(29(2)3)44(30(4)5,43(45)53)47(7)8)36(54-10)27-39(51)49-26-16-19-35(49)37(56-34-22-20-33(55-11)21-23-34)28-38(50)46-25-24-32-17-14-13-15-18-32/h13-15,17-18,20-23,29-31,35-37,40-41H,12,16,19,24-28H2,1-11H3,(H2,45,53)(H,46,50). The first-order chi connectivity index (χ1) is 26.5. The van der Waals surface area contributed by atoms with Gasteiger partial charge in [-0.2, -0.15) is 0 Å². The van der Waals surface area contributed by atoms with Crippen LogP contribution in [0, 0.1) is 23.7 Å². The lowest BCUT2D eigenvalue weighted by atomic mass is 9.68. The van der Waals surface area contributed by atoms with E-state index in [0.717, 1.165) is 35.5 Å². The van der Waals surface area contributed by atoms with Crippen molar-refractivity contribution in [3.63, 3.8) is 0 Å². The summed E-state index contributed by atoms with van der Waals surface area (Å²) < 4.78 is 6.15. The topological polar surface area (TPSA) is 125 Å². The zero-order valence-electron chi connectivity index (χ0n) is 35.7. The van der Waals surface area contributed by atoms with Crippen LogP contribution in [0.5, 0.6) is 0 Å². The van der Waals surface area contributed by atoms with Gasteiger partial charge < -0.3 is 25.6 Å². The van der Waals surface area contributed by atoms with Crippen molar-refractivity contribution < 1.29 is 23.9 Å². The fraction of sp³-hybridized carbons (Fsp3) is 0.636. The second-order valence-electron chi connectivity index (χ2n) is 16.2. The third-order valence-electron chi connectivity index (χ3n) is 11.9. The van der Waals surface area contributed by atoms with Gasteiger partial charge >= 0.3 is 0 Å². The summed E-state index contributed by atoms with van der Waals surface area (Å²) in [6.07, 6.45) is 4.92. The van der Waals surface area contributed by atoms with E-state index in [2.05, 4.69) is 55.6 Å². The summed E-state index contributed by atoms with van der Waals surface area (Å²) in [6, 6.07) is 17.9. The summed E-state index contributed by atoms with van der Waals surface area (Å²) in [4.78, 5) is 63.8. The average Bonchev–Trinajstić information content (AvgIpc) is 3.66. The third-order valence-corrected chi connectivity index (χ3v) is 13.9. The Bertz CT molecular complexity index is 1550. The molecule has 3 N–H and O–H groups in total. The number of amides is 4. The van der Waals surface area contributed by atoms with E-state index in [0.29, 0.717) is 13.1 Å². The molecule has 0 bridgehead atoms. The van der Waals surface area contributed by atoms with Crippen molar-refractivity contribution >= 4 is 47.2 Å². The van der Waals surface area contributed by atoms with Crippen LogP contribution in [-0.4, -0.2) is 115 Å². The molecule has 1 aliphatic heterocycles. The highest BCUT2D eigenvalue weighted by molar-refractivity contribution is 8.00. The van der Waals surface area contributed by atoms with Gasteiger partial charge in [0.15, 0.2) is 0 Å². The van der Waals surface area contributed by atoms with Gasteiger partial charge in [0.2, 0.25) is 23.6 Å². The second kappa shape index (κ2) is 22.2. The summed E-state index contributed by atoms with van der Waals surface area (Å²) in [5.74, 6) is -2.00. The molecule has 0 aromatic heterocycles. The number of hydrogen-bond donors (Lipinski definition) is 2. The molecule has 12 heteroatoms. The van der Waals surface area contributed by atoms with E-state index in [1.165, 1.54) is 5.56 Å². The van der Waals surface area contributed by atoms with Gasteiger partial charge in [0.25, 0.3) is 0 Å². The summed E-state index contributed by atoms with van der Waals surface area (Å²) in [6.45, 7) is 13.1. The van der Waals surface area contributed by atoms with E-state index in [-0.39, 0.29) is 59.6 Å². The van der Waals surface area contributed by atoms with Crippen LogP contribution in [-0.2, 0) is 30.3 Å². The lowest BCUT2D eigenvalue weighted by Gasteiger charge is -2.49. The number of nitrogens with one attached hydrogen (secondary N) is 1. The van der Waals surface area contributed by atoms with Crippen molar-refractivity contribution in [2.24, 2.45) is 29.4 Å². The van der Waals surface area contributed by atoms with E-state index in [1.54, 1.807) is 47.5 Å². The van der Waals surface area contributed by atoms with Crippen LogP contribution in [0.4, 0.5) is 0 Å². The number of likely N-dealkylation sites (tertiary alicyclic amines) is 1. The van der Waals surface area contributed by atoms with Gasteiger partial charge in [-0.25, -0.2) is 0 Å². The number of primary amides is 1. The van der Waals surface area contributed by atoms with E-state index in [9.17, 15) is 19.2 Å². The van der Waals surface area contributed by atoms with E-state index >= 15 is 0 Å². The minimum Gasteiger partial charge on any atom is -0.379 e. The van der Waals surface area contributed by atoms with Crippen molar-refractivity contribution in [1.29, 1.82) is 0 Å². The average molecular weight is 812 g/mol. The number of ether oxygens (including phenoxy) is 1. The van der Waals surface area contributed by atoms with E-state index in [4.69, 9.17) is 10.5 Å². The molecule has 312 valence electrons. The van der Waals surface area contributed by atoms with Gasteiger partial charge in [-0.3, -0.25) is 24.1 Å². The summed E-state index contributed by atoms with van der Waals surface area (Å²) >= 11 is 3.34. The SMILES string of the molecule is CCC(C)C(C(CC(=O)N1CCCC1C(CC(=O)NCCc1ccccc1)Sc1ccc(SC)cc1)OC)N(C)C(=O)C(C(C)C)C(C(N)=O)(C(C)C)N(C)C. The largest absolute Gasteiger partial charge is 0.379 e. The number of nitrogens with two attached hydrogens (primary N) is 1. The number of hydrogen-bond acceptors (Lipinski definition) is 8. The number of likely N-dealkylation sites (N-methyl/N-ethyl adjacent to an activating group) is 2. The molecular formula is C44H69N5O5S2. The molecular weight excluding hydrogens is 743 g/mol. The number of nitrogens with zero attached hydrogens (tertiary/aromatic N) is 3. The quantitative estimate of drug-likeness (QED) is 0.128. The van der Waals surface area contributed by atoms with Gasteiger partial charge in [-0.1, -0.05) is 78.3 Å². The van der Waals surface area contributed by atoms with Crippen LogP contribution in [0.2, 0.25) is 0 Å². The minimum atomic E-state index is -1.23. The van der Waals surface area contributed by atoms with Crippen molar-refractivity contribution in [1.82, 2.24) is 20.0 Å². The van der Waals surface area contributed by atoms with Gasteiger partial charge in [-0.15, -0.1) is 23.5 Å². The normalized spacial score (nSPS) is 18.3. The highest BCUT2D eigenvalue weighted by Crippen LogP contribution is 2.39. The lowest BCUT2D eigenvalue weighted by molar-refractivity contribution is -0.159. The maximum absolute atomic E-state index is 14.8. The number of carbonyl (C=O) groups excluding carboxylic acids is 4. The summed E-state index contributed by atoms with van der Waals surface area (Å²) in [5, 5.41) is 2.97. The number of benzene rings is 2. The molecule has 4 amide bonds. The van der Waals surface area contributed by atoms with Gasteiger partial charge in [0.1, 0.15) is 5.54 Å². The van der Waals surface area contributed by atoms with Gasteiger partial charge in [-0.05, 0) is 87.2 Å². The first-order valence-electron chi connectivity index (χ1n) is 20.2. The minimum absolute atomic E-state index is 0.0163. The summed E-state index contributed by atoms with van der Waals surface area (Å²) in [5.41, 5.74) is 6.10. The van der Waals surface area contributed by atoms with Crippen LogP contribution >= 0.6 is 23.5 Å². The fourth-order valence-corrected chi connectivity index (χ4v) is 10.6. The Kier molecular flexibility index (Phi) is 18.7. The lowest BCUT2D eigenvalue weighted by Crippen LogP contribution is -2.68. The molecule has 1 saturated heterocycles. The van der Waals surface area contributed by atoms with E-state index < -0.39 is 29.5 Å². The molecule has 1 aliphatic rings. The second-order valence-corrected chi connectivity index (χ2v) is 18.4. The van der Waals surface area contributed by atoms with Crippen molar-refractivity contribution in [2.45, 2.75) is 119 Å². The molecule has 1 fully saturated rings. The Morgan fingerprint density at radius 2 is 1.59 bits per heavy atom. The smallest absolute Gasteiger partial charge is 0.239 e. The number of methoxy groups -OCH3 is 1. The Morgan fingerprint density at radius 3 is 2.11 bits per heavy atom. The molecule has 0 radical (unpaired) electrons. The maximum Gasteiger partial charge on any atom is 0.239 e. The molecule has 7 atom stereocenters. The molecule has 10 nitrogen and oxygen atoms in total. The Hall–Kier alpha value is -3.06. The predicted molar refractivity (Wildman–Crippen MR) is 231 cm³/mol. The molecule has 2 aromatic carbocycles. The molecule has 3 rings (SSSR count). The first kappa shape index (κ1) is 47.3. The number of rotatable bonds is 22. The number of carbonyl (C=O) groups is 4. The Labute approximate surface area is 345 Å². The molecule has 0 spiro atoms. The van der Waals surface area contributed by atoms with Crippen LogP contribution < -0.4 is 11.1 Å². The number of thioether (sulfide) groups is 2. The van der Waals surface area contributed by atoms with E-state index in [1.807, 2.05) is 71.1 Å². The third kappa shape index (κ3) is 11.5. The highest BCUT2D eigenvalue weighted by atomic mass is 32.2. The van der Waals surface area contributed by atoms with Crippen LogP contribution in [0.25, 0.3) is 0 Å². The predicted octanol–water partition coefficient (Wildman–Crippen LogP) is 6.60. The van der Waals surface area contributed by atoms with Crippen LogP contribution in [0.15, 0.2) is 64.4 Å². The Morgan fingerprint density at radius 1 is 0.964 bits per heavy atom. The van der Waals surface area contributed by atoms with Crippen LogP contribution in [0.1, 0.15) is 79.2 Å². The van der Waals surface area contributed by atoms with Crippen LogP contribution in [0.3, 0.4) is 0 Å². The van der Waals surface area contributed by atoms with Gasteiger partial charge in [0, 0.05) is 54.8 Å². The molecule has 0 aliphatic carbocycles. The summed E-state index contributed by atoms with van der Waals surface area (Å²) in [7, 11) is 6.99. The zero-order valence-corrected chi connectivity index (χ0v) is 37.4. The first-order valence-corrected chi connectivity index (χ1v) is 22.3. The fourth-order valence-electron chi connectivity index (χ4n) is 8.85. The molecule has 56 heavy (non-hydrogen) atoms. The molecule has 0 saturated carbocycles. The monoisotopic (exact) mass is 811 g/mol. The Balaban J connectivity index is 1.90. The highest BCUT2D eigenvalue weighted by Gasteiger charge is 2.55. The molecule has 7 unspecified atom stereocenters. The van der Waals surface area contributed by atoms with Crippen molar-refractivity contribution in [3.8, 4) is 0 Å². The van der Waals surface area contributed by atoms with Crippen molar-refractivity contribution in [3.05, 3.63) is 60.2 Å². The molecule has 2 aromatic rings. The molecule has 1 heterocycles. The van der Waals surface area contributed by atoms with Gasteiger partial charge in [0.05, 0.1) is 24.5 Å². The zero-order chi connectivity index (χ0) is 41.7.